The second-order valence-electron chi connectivity index (χ2n) is 7.36. The van der Waals surface area contributed by atoms with Gasteiger partial charge in [-0.3, -0.25) is 14.5 Å². The topological polar surface area (TPSA) is 97.8 Å². The average Bonchev–Trinajstić information content (AvgIpc) is 3.08. The minimum absolute atomic E-state index is 0.0108. The summed E-state index contributed by atoms with van der Waals surface area (Å²) in [6, 6.07) is 3.76. The summed E-state index contributed by atoms with van der Waals surface area (Å²) >= 11 is 0. The number of likely N-dealkylation sites (tertiary alicyclic amines) is 1. The Labute approximate surface area is 147 Å². The molecule has 3 N–H and O–H groups in total. The van der Waals surface area contributed by atoms with Gasteiger partial charge in [-0.25, -0.2) is 0 Å². The van der Waals surface area contributed by atoms with E-state index in [0.717, 1.165) is 30.8 Å². The molecule has 1 saturated heterocycles. The summed E-state index contributed by atoms with van der Waals surface area (Å²) in [6.07, 6.45) is 2.76. The predicted molar refractivity (Wildman–Crippen MR) is 91.9 cm³/mol. The van der Waals surface area contributed by atoms with E-state index in [1.807, 2.05) is 24.0 Å². The Bertz CT molecular complexity index is 638. The molecule has 1 aliphatic heterocycles. The van der Waals surface area contributed by atoms with Crippen molar-refractivity contribution in [3.8, 4) is 0 Å². The molecule has 1 aromatic rings. The lowest BCUT2D eigenvalue weighted by Crippen LogP contribution is -2.53. The highest BCUT2D eigenvalue weighted by Gasteiger charge is 2.46. The largest absolute Gasteiger partial charge is 0.466 e. The van der Waals surface area contributed by atoms with Gasteiger partial charge in [0.25, 0.3) is 0 Å². The molecular formula is C18H27N3O4. The van der Waals surface area contributed by atoms with Crippen LogP contribution in [0, 0.1) is 12.3 Å². The number of amides is 2. The van der Waals surface area contributed by atoms with Gasteiger partial charge in [0, 0.05) is 20.2 Å². The fourth-order valence-electron chi connectivity index (χ4n) is 3.96. The summed E-state index contributed by atoms with van der Waals surface area (Å²) in [7, 11) is 1.63. The van der Waals surface area contributed by atoms with Crippen LogP contribution in [-0.4, -0.2) is 56.1 Å². The third-order valence-electron chi connectivity index (χ3n) is 5.43. The lowest BCUT2D eigenvalue weighted by atomic mass is 9.68. The number of methoxy groups -OCH3 is 1. The SMILES string of the molecule is COCC1(C(=O)N[C@@H]2CN(CC(N)=O)C[C@H]2c2ccc(C)o2)CCC1. The maximum Gasteiger partial charge on any atom is 0.231 e. The van der Waals surface area contributed by atoms with Crippen LogP contribution in [0.5, 0.6) is 0 Å². The van der Waals surface area contributed by atoms with E-state index >= 15 is 0 Å². The molecule has 0 aromatic carbocycles. The molecule has 7 nitrogen and oxygen atoms in total. The highest BCUT2D eigenvalue weighted by molar-refractivity contribution is 5.84. The molecule has 2 fully saturated rings. The first-order valence-electron chi connectivity index (χ1n) is 8.80. The summed E-state index contributed by atoms with van der Waals surface area (Å²) in [5.41, 5.74) is 4.93. The Kier molecular flexibility index (Phi) is 5.15. The number of nitrogens with one attached hydrogen (secondary N) is 1. The molecule has 1 aromatic heterocycles. The van der Waals surface area contributed by atoms with Crippen molar-refractivity contribution in [3.05, 3.63) is 23.7 Å². The number of hydrogen-bond donors (Lipinski definition) is 2. The van der Waals surface area contributed by atoms with Gasteiger partial charge in [0.15, 0.2) is 0 Å². The molecule has 3 rings (SSSR count). The van der Waals surface area contributed by atoms with Crippen LogP contribution in [0.3, 0.4) is 0 Å². The first-order chi connectivity index (χ1) is 11.9. The zero-order chi connectivity index (χ0) is 18.0. The Morgan fingerprint density at radius 3 is 2.68 bits per heavy atom. The van der Waals surface area contributed by atoms with Crippen LogP contribution in [0.1, 0.15) is 36.7 Å². The number of rotatable bonds is 7. The van der Waals surface area contributed by atoms with E-state index in [-0.39, 0.29) is 30.3 Å². The molecule has 138 valence electrons. The second kappa shape index (κ2) is 7.17. The third-order valence-corrected chi connectivity index (χ3v) is 5.43. The number of primary amides is 1. The second-order valence-corrected chi connectivity index (χ2v) is 7.36. The molecule has 2 aliphatic rings. The smallest absolute Gasteiger partial charge is 0.231 e. The molecule has 0 bridgehead atoms. The molecule has 1 aliphatic carbocycles. The normalized spacial score (nSPS) is 25.5. The van der Waals surface area contributed by atoms with Gasteiger partial charge in [-0.2, -0.15) is 0 Å². The molecular weight excluding hydrogens is 322 g/mol. The average molecular weight is 349 g/mol. The van der Waals surface area contributed by atoms with Crippen LogP contribution in [-0.2, 0) is 14.3 Å². The quantitative estimate of drug-likeness (QED) is 0.758. The molecule has 1 saturated carbocycles. The zero-order valence-corrected chi connectivity index (χ0v) is 14.9. The summed E-state index contributed by atoms with van der Waals surface area (Å²) < 4.78 is 11.1. The van der Waals surface area contributed by atoms with Crippen LogP contribution < -0.4 is 11.1 Å². The molecule has 7 heteroatoms. The lowest BCUT2D eigenvalue weighted by Gasteiger charge is -2.40. The van der Waals surface area contributed by atoms with Crippen LogP contribution in [0.2, 0.25) is 0 Å². The van der Waals surface area contributed by atoms with Crippen molar-refractivity contribution >= 4 is 11.8 Å². The highest BCUT2D eigenvalue weighted by Crippen LogP contribution is 2.42. The molecule has 25 heavy (non-hydrogen) atoms. The maximum absolute atomic E-state index is 12.9. The van der Waals surface area contributed by atoms with Gasteiger partial charge in [0.1, 0.15) is 11.5 Å². The summed E-state index contributed by atoms with van der Waals surface area (Å²) in [5, 5.41) is 3.19. The van der Waals surface area contributed by atoms with E-state index in [1.54, 1.807) is 7.11 Å². The van der Waals surface area contributed by atoms with Gasteiger partial charge in [-0.1, -0.05) is 6.42 Å². The Morgan fingerprint density at radius 1 is 1.40 bits per heavy atom. The first-order valence-corrected chi connectivity index (χ1v) is 8.80. The van der Waals surface area contributed by atoms with Gasteiger partial charge >= 0.3 is 0 Å². The zero-order valence-electron chi connectivity index (χ0n) is 14.9. The van der Waals surface area contributed by atoms with Gasteiger partial charge in [0.2, 0.25) is 11.8 Å². The number of ether oxygens (including phenoxy) is 1. The van der Waals surface area contributed by atoms with Gasteiger partial charge < -0.3 is 20.2 Å². The molecule has 2 amide bonds. The highest BCUT2D eigenvalue weighted by atomic mass is 16.5. The van der Waals surface area contributed by atoms with Gasteiger partial charge in [-0.05, 0) is 31.9 Å². The molecule has 2 atom stereocenters. The Balaban J connectivity index is 1.74. The summed E-state index contributed by atoms with van der Waals surface area (Å²) in [6.45, 7) is 3.75. The van der Waals surface area contributed by atoms with E-state index in [4.69, 9.17) is 14.9 Å². The lowest BCUT2D eigenvalue weighted by molar-refractivity contribution is -0.141. The fraction of sp³-hybridized carbons (Fsp3) is 0.667. The number of aryl methyl sites for hydroxylation is 1. The number of carbonyl (C=O) groups is 2. The predicted octanol–water partition coefficient (Wildman–Crippen LogP) is 0.774. The minimum Gasteiger partial charge on any atom is -0.466 e. The number of nitrogens with zero attached hydrogens (tertiary/aromatic N) is 1. The van der Waals surface area contributed by atoms with Crippen molar-refractivity contribution in [1.82, 2.24) is 10.2 Å². The van der Waals surface area contributed by atoms with E-state index < -0.39 is 5.41 Å². The van der Waals surface area contributed by atoms with Crippen LogP contribution in [0.25, 0.3) is 0 Å². The third kappa shape index (κ3) is 3.72. The standard InChI is InChI=1S/C18H27N3O4/c1-12-4-5-15(25-12)13-8-21(10-16(19)22)9-14(13)20-17(23)18(11-24-2)6-3-7-18/h4-5,13-14H,3,6-11H2,1-2H3,(H2,19,22)(H,20,23)/t13-,14-/m1/s1. The molecule has 0 radical (unpaired) electrons. The van der Waals surface area contributed by atoms with Crippen LogP contribution >= 0.6 is 0 Å². The first kappa shape index (κ1) is 17.9. The Morgan fingerprint density at radius 2 is 2.16 bits per heavy atom. The number of furan rings is 1. The molecule has 0 spiro atoms. The number of nitrogens with two attached hydrogens (primary N) is 1. The summed E-state index contributed by atoms with van der Waals surface area (Å²) in [4.78, 5) is 26.1. The van der Waals surface area contributed by atoms with E-state index in [1.165, 1.54) is 0 Å². The maximum atomic E-state index is 12.9. The monoisotopic (exact) mass is 349 g/mol. The Hall–Kier alpha value is -1.86. The van der Waals surface area contributed by atoms with E-state index in [2.05, 4.69) is 5.32 Å². The molecule has 2 heterocycles. The van der Waals surface area contributed by atoms with Crippen molar-refractivity contribution in [1.29, 1.82) is 0 Å². The van der Waals surface area contributed by atoms with E-state index in [0.29, 0.717) is 19.7 Å². The fourth-order valence-corrected chi connectivity index (χ4v) is 3.96. The minimum atomic E-state index is -0.407. The number of carbonyl (C=O) groups excluding carboxylic acids is 2. The van der Waals surface area contributed by atoms with Crippen LogP contribution in [0.15, 0.2) is 16.5 Å². The van der Waals surface area contributed by atoms with Crippen molar-refractivity contribution in [2.45, 2.75) is 38.1 Å². The molecule has 0 unspecified atom stereocenters. The summed E-state index contributed by atoms with van der Waals surface area (Å²) in [5.74, 6) is 1.36. The van der Waals surface area contributed by atoms with Gasteiger partial charge in [-0.15, -0.1) is 0 Å². The van der Waals surface area contributed by atoms with Crippen molar-refractivity contribution in [2.75, 3.05) is 33.4 Å². The number of hydrogen-bond acceptors (Lipinski definition) is 5. The van der Waals surface area contributed by atoms with Crippen molar-refractivity contribution in [2.24, 2.45) is 11.1 Å². The van der Waals surface area contributed by atoms with Crippen LogP contribution in [0.4, 0.5) is 0 Å². The van der Waals surface area contributed by atoms with Crippen molar-refractivity contribution < 1.29 is 18.7 Å². The van der Waals surface area contributed by atoms with Gasteiger partial charge in [0.05, 0.1) is 30.5 Å². The van der Waals surface area contributed by atoms with E-state index in [9.17, 15) is 9.59 Å². The van der Waals surface area contributed by atoms with Crippen molar-refractivity contribution in [3.63, 3.8) is 0 Å².